The summed E-state index contributed by atoms with van der Waals surface area (Å²) in [7, 11) is 1.63. The van der Waals surface area contributed by atoms with Crippen LogP contribution in [-0.2, 0) is 0 Å². The van der Waals surface area contributed by atoms with E-state index in [-0.39, 0.29) is 11.9 Å². The minimum atomic E-state index is -0.337. The van der Waals surface area contributed by atoms with Crippen LogP contribution in [0.3, 0.4) is 0 Å². The number of halogens is 1. The van der Waals surface area contributed by atoms with Gasteiger partial charge in [0.05, 0.1) is 18.8 Å². The predicted molar refractivity (Wildman–Crippen MR) is 87.2 cm³/mol. The van der Waals surface area contributed by atoms with Crippen molar-refractivity contribution in [1.82, 2.24) is 5.32 Å². The Balaban J connectivity index is 2.00. The fourth-order valence-electron chi connectivity index (χ4n) is 1.91. The van der Waals surface area contributed by atoms with Crippen molar-refractivity contribution in [2.75, 3.05) is 12.4 Å². The van der Waals surface area contributed by atoms with Crippen molar-refractivity contribution in [1.29, 1.82) is 0 Å². The van der Waals surface area contributed by atoms with E-state index in [1.54, 1.807) is 25.3 Å². The van der Waals surface area contributed by atoms with Crippen molar-refractivity contribution in [3.05, 3.63) is 59.9 Å². The monoisotopic (exact) mass is 304 g/mol. The van der Waals surface area contributed by atoms with Crippen LogP contribution in [-0.4, -0.2) is 12.2 Å². The fraction of sp³-hybridized carbons (Fsp3) is 0.188. The van der Waals surface area contributed by atoms with E-state index < -0.39 is 0 Å². The molecule has 2 N–H and O–H groups in total. The van der Waals surface area contributed by atoms with E-state index in [2.05, 4.69) is 10.6 Å². The first-order chi connectivity index (χ1) is 10.1. The van der Waals surface area contributed by atoms with E-state index in [1.807, 2.05) is 31.2 Å². The number of ether oxygens (including phenoxy) is 1. The molecule has 5 heteroatoms. The lowest BCUT2D eigenvalue weighted by molar-refractivity contribution is 0.413. The Hall–Kier alpha value is -2.14. The van der Waals surface area contributed by atoms with Gasteiger partial charge in [0.25, 0.3) is 0 Å². The summed E-state index contributed by atoms with van der Waals surface area (Å²) in [5.41, 5.74) is 1.39. The Kier molecular flexibility index (Phi) is 5.11. The summed E-state index contributed by atoms with van der Waals surface area (Å²) >= 11 is 5.21. The number of benzene rings is 2. The summed E-state index contributed by atoms with van der Waals surface area (Å²) in [6.07, 6.45) is 0. The Morgan fingerprint density at radius 1 is 1.19 bits per heavy atom. The number of nitrogens with one attached hydrogen (secondary N) is 2. The first kappa shape index (κ1) is 15.3. The van der Waals surface area contributed by atoms with Gasteiger partial charge in [0.2, 0.25) is 0 Å². The Labute approximate surface area is 129 Å². The van der Waals surface area contributed by atoms with Gasteiger partial charge in [0.15, 0.2) is 5.11 Å². The minimum Gasteiger partial charge on any atom is -0.497 e. The van der Waals surface area contributed by atoms with E-state index in [0.717, 1.165) is 11.3 Å². The Bertz CT molecular complexity index is 633. The number of methoxy groups -OCH3 is 1. The van der Waals surface area contributed by atoms with E-state index >= 15 is 0 Å². The van der Waals surface area contributed by atoms with E-state index in [0.29, 0.717) is 10.8 Å². The molecule has 21 heavy (non-hydrogen) atoms. The topological polar surface area (TPSA) is 33.3 Å². The molecule has 0 aromatic heterocycles. The van der Waals surface area contributed by atoms with Crippen LogP contribution in [0.2, 0.25) is 0 Å². The van der Waals surface area contributed by atoms with Crippen LogP contribution in [0.5, 0.6) is 5.75 Å². The molecule has 0 amide bonds. The summed E-state index contributed by atoms with van der Waals surface area (Å²) in [6, 6.07) is 14.1. The maximum absolute atomic E-state index is 13.5. The van der Waals surface area contributed by atoms with Crippen molar-refractivity contribution < 1.29 is 9.13 Å². The molecule has 2 aromatic rings. The standard InChI is InChI=1S/C16H17FN2OS/c1-11(12-6-5-7-13(10-12)20-2)18-16(21)19-15-9-4-3-8-14(15)17/h3-11H,1-2H3,(H2,18,19,21). The molecule has 0 saturated carbocycles. The Morgan fingerprint density at radius 2 is 1.95 bits per heavy atom. The summed E-state index contributed by atoms with van der Waals surface area (Å²) in [5.74, 6) is 0.449. The summed E-state index contributed by atoms with van der Waals surface area (Å²) in [4.78, 5) is 0. The van der Waals surface area contributed by atoms with Gasteiger partial charge in [-0.1, -0.05) is 24.3 Å². The zero-order valence-corrected chi connectivity index (χ0v) is 12.7. The Morgan fingerprint density at radius 3 is 2.67 bits per heavy atom. The van der Waals surface area contributed by atoms with Crippen molar-refractivity contribution in [3.8, 4) is 5.75 Å². The zero-order chi connectivity index (χ0) is 15.2. The number of anilines is 1. The van der Waals surface area contributed by atoms with Crippen molar-refractivity contribution >= 4 is 23.0 Å². The normalized spacial score (nSPS) is 11.6. The van der Waals surface area contributed by atoms with Crippen LogP contribution in [0.4, 0.5) is 10.1 Å². The lowest BCUT2D eigenvalue weighted by Crippen LogP contribution is -2.31. The maximum atomic E-state index is 13.5. The predicted octanol–water partition coefficient (Wildman–Crippen LogP) is 3.88. The molecule has 0 fully saturated rings. The molecule has 3 nitrogen and oxygen atoms in total. The lowest BCUT2D eigenvalue weighted by atomic mass is 10.1. The third kappa shape index (κ3) is 4.16. The molecule has 0 spiro atoms. The summed E-state index contributed by atoms with van der Waals surface area (Å²) < 4.78 is 18.7. The molecule has 0 saturated heterocycles. The van der Waals surface area contributed by atoms with Gasteiger partial charge < -0.3 is 15.4 Å². The highest BCUT2D eigenvalue weighted by atomic mass is 32.1. The average Bonchev–Trinajstić information content (AvgIpc) is 2.49. The quantitative estimate of drug-likeness (QED) is 0.840. The minimum absolute atomic E-state index is 0.0214. The molecular formula is C16H17FN2OS. The highest BCUT2D eigenvalue weighted by Crippen LogP contribution is 2.19. The smallest absolute Gasteiger partial charge is 0.171 e. The van der Waals surface area contributed by atoms with Gasteiger partial charge in [-0.15, -0.1) is 0 Å². The van der Waals surface area contributed by atoms with Gasteiger partial charge >= 0.3 is 0 Å². The van der Waals surface area contributed by atoms with Gasteiger partial charge in [-0.25, -0.2) is 4.39 Å². The molecule has 110 valence electrons. The highest BCUT2D eigenvalue weighted by molar-refractivity contribution is 7.80. The average molecular weight is 304 g/mol. The SMILES string of the molecule is COc1cccc(C(C)NC(=S)Nc2ccccc2F)c1. The number of thiocarbonyl (C=S) groups is 1. The van der Waals surface area contributed by atoms with Gasteiger partial charge in [0.1, 0.15) is 11.6 Å². The summed E-state index contributed by atoms with van der Waals surface area (Å²) in [5, 5.41) is 6.35. The van der Waals surface area contributed by atoms with E-state index in [4.69, 9.17) is 17.0 Å². The summed E-state index contributed by atoms with van der Waals surface area (Å²) in [6.45, 7) is 1.98. The molecule has 1 unspecified atom stereocenters. The van der Waals surface area contributed by atoms with Crippen LogP contribution >= 0.6 is 12.2 Å². The molecule has 0 radical (unpaired) electrons. The largest absolute Gasteiger partial charge is 0.497 e. The first-order valence-electron chi connectivity index (χ1n) is 6.56. The van der Waals surface area contributed by atoms with Crippen LogP contribution in [0.15, 0.2) is 48.5 Å². The fourth-order valence-corrected chi connectivity index (χ4v) is 2.20. The highest BCUT2D eigenvalue weighted by Gasteiger charge is 2.09. The van der Waals surface area contributed by atoms with Crippen molar-refractivity contribution in [2.45, 2.75) is 13.0 Å². The van der Waals surface area contributed by atoms with E-state index in [9.17, 15) is 4.39 Å². The van der Waals surface area contributed by atoms with Gasteiger partial charge in [-0.3, -0.25) is 0 Å². The molecule has 0 bridgehead atoms. The van der Waals surface area contributed by atoms with Gasteiger partial charge in [-0.2, -0.15) is 0 Å². The van der Waals surface area contributed by atoms with Crippen LogP contribution in [0.25, 0.3) is 0 Å². The third-order valence-corrected chi connectivity index (χ3v) is 3.28. The van der Waals surface area contributed by atoms with Gasteiger partial charge in [0, 0.05) is 0 Å². The van der Waals surface area contributed by atoms with Crippen molar-refractivity contribution in [2.24, 2.45) is 0 Å². The first-order valence-corrected chi connectivity index (χ1v) is 6.97. The second-order valence-electron chi connectivity index (χ2n) is 4.58. The molecule has 2 rings (SSSR count). The lowest BCUT2D eigenvalue weighted by Gasteiger charge is -2.18. The maximum Gasteiger partial charge on any atom is 0.171 e. The number of rotatable bonds is 4. The molecule has 2 aromatic carbocycles. The van der Waals surface area contributed by atoms with Crippen LogP contribution in [0, 0.1) is 5.82 Å². The molecule has 0 aliphatic rings. The van der Waals surface area contributed by atoms with Gasteiger partial charge in [-0.05, 0) is 49.0 Å². The van der Waals surface area contributed by atoms with E-state index in [1.165, 1.54) is 6.07 Å². The number of hydrogen-bond donors (Lipinski definition) is 2. The molecule has 0 aliphatic heterocycles. The molecular weight excluding hydrogens is 287 g/mol. The zero-order valence-electron chi connectivity index (χ0n) is 11.9. The molecule has 0 aliphatic carbocycles. The third-order valence-electron chi connectivity index (χ3n) is 3.06. The number of para-hydroxylation sites is 1. The number of hydrogen-bond acceptors (Lipinski definition) is 2. The molecule has 0 heterocycles. The van der Waals surface area contributed by atoms with Crippen LogP contribution < -0.4 is 15.4 Å². The van der Waals surface area contributed by atoms with Crippen LogP contribution in [0.1, 0.15) is 18.5 Å². The second kappa shape index (κ2) is 7.04. The second-order valence-corrected chi connectivity index (χ2v) is 4.98. The molecule has 1 atom stereocenters. The van der Waals surface area contributed by atoms with Crippen molar-refractivity contribution in [3.63, 3.8) is 0 Å².